The molecule has 0 radical (unpaired) electrons. The molecule has 0 bridgehead atoms. The quantitative estimate of drug-likeness (QED) is 0.322. The minimum absolute atomic E-state index is 0.182. The standard InChI is InChI=1S/C5H9NO/c1-5(2)3-6(7)4-5/h3H,4H2,1-2H3. The molecule has 0 amide bonds. The summed E-state index contributed by atoms with van der Waals surface area (Å²) < 4.78 is 0.958. The van der Waals surface area contributed by atoms with E-state index >= 15 is 0 Å². The van der Waals surface area contributed by atoms with Crippen LogP contribution in [0.5, 0.6) is 0 Å². The van der Waals surface area contributed by atoms with E-state index in [1.54, 1.807) is 6.21 Å². The number of hydrogen-bond acceptors (Lipinski definition) is 1. The Morgan fingerprint density at radius 2 is 2.14 bits per heavy atom. The van der Waals surface area contributed by atoms with Crippen LogP contribution in [0.3, 0.4) is 0 Å². The van der Waals surface area contributed by atoms with Crippen LogP contribution < -0.4 is 0 Å². The normalized spacial score (nSPS) is 25.7. The van der Waals surface area contributed by atoms with Crippen LogP contribution in [-0.2, 0) is 0 Å². The van der Waals surface area contributed by atoms with Crippen LogP contribution in [0.4, 0.5) is 0 Å². The van der Waals surface area contributed by atoms with E-state index in [-0.39, 0.29) is 5.41 Å². The number of hydrogen-bond donors (Lipinski definition) is 0. The van der Waals surface area contributed by atoms with Crippen molar-refractivity contribution >= 4 is 6.21 Å². The second-order valence-electron chi connectivity index (χ2n) is 2.69. The van der Waals surface area contributed by atoms with Gasteiger partial charge < -0.3 is 5.21 Å². The third kappa shape index (κ3) is 0.734. The fraction of sp³-hybridized carbons (Fsp3) is 0.800. The molecular weight excluding hydrogens is 90.1 g/mol. The Morgan fingerprint density at radius 3 is 2.14 bits per heavy atom. The Kier molecular flexibility index (Phi) is 0.659. The molecule has 0 fully saturated rings. The first-order valence-electron chi connectivity index (χ1n) is 2.40. The minimum atomic E-state index is 0.182. The molecule has 7 heavy (non-hydrogen) atoms. The first kappa shape index (κ1) is 4.62. The highest BCUT2D eigenvalue weighted by atomic mass is 16.5. The zero-order chi connectivity index (χ0) is 5.49. The first-order chi connectivity index (χ1) is 3.10. The minimum Gasteiger partial charge on any atom is -0.624 e. The van der Waals surface area contributed by atoms with Crippen LogP contribution in [0.1, 0.15) is 13.8 Å². The molecular formula is C5H9NO. The Bertz CT molecular complexity index is 115. The van der Waals surface area contributed by atoms with E-state index in [0.29, 0.717) is 6.54 Å². The lowest BCUT2D eigenvalue weighted by molar-refractivity contribution is -0.502. The van der Waals surface area contributed by atoms with Crippen LogP contribution in [0.2, 0.25) is 0 Å². The van der Waals surface area contributed by atoms with Crippen LogP contribution >= 0.6 is 0 Å². The van der Waals surface area contributed by atoms with Gasteiger partial charge in [0, 0.05) is 0 Å². The predicted molar refractivity (Wildman–Crippen MR) is 28.3 cm³/mol. The van der Waals surface area contributed by atoms with E-state index in [1.807, 2.05) is 13.8 Å². The average Bonchev–Trinajstić information content (AvgIpc) is 1.27. The third-order valence-electron chi connectivity index (χ3n) is 1.06. The SMILES string of the molecule is CC1(C)C=[N+]([O-])C1. The van der Waals surface area contributed by atoms with Crippen LogP contribution in [-0.4, -0.2) is 17.5 Å². The lowest BCUT2D eigenvalue weighted by atomic mass is 9.91. The van der Waals surface area contributed by atoms with Gasteiger partial charge in [-0.25, -0.2) is 4.74 Å². The Hall–Kier alpha value is -0.530. The van der Waals surface area contributed by atoms with Crippen molar-refractivity contribution in [1.29, 1.82) is 0 Å². The highest BCUT2D eigenvalue weighted by Crippen LogP contribution is 2.17. The monoisotopic (exact) mass is 99.1 g/mol. The molecule has 1 aliphatic heterocycles. The largest absolute Gasteiger partial charge is 0.624 e. The van der Waals surface area contributed by atoms with E-state index < -0.39 is 0 Å². The summed E-state index contributed by atoms with van der Waals surface area (Å²) in [5, 5.41) is 10.2. The van der Waals surface area contributed by atoms with Crippen molar-refractivity contribution in [2.45, 2.75) is 13.8 Å². The van der Waals surface area contributed by atoms with Crippen LogP contribution in [0, 0.1) is 10.6 Å². The molecule has 0 unspecified atom stereocenters. The fourth-order valence-electron chi connectivity index (χ4n) is 0.765. The number of hydroxylamine groups is 1. The zero-order valence-corrected chi connectivity index (χ0v) is 4.64. The van der Waals surface area contributed by atoms with E-state index in [9.17, 15) is 5.21 Å². The lowest BCUT2D eigenvalue weighted by Gasteiger charge is -2.25. The van der Waals surface area contributed by atoms with E-state index in [0.717, 1.165) is 4.74 Å². The summed E-state index contributed by atoms with van der Waals surface area (Å²) in [6.45, 7) is 4.75. The van der Waals surface area contributed by atoms with E-state index in [2.05, 4.69) is 0 Å². The first-order valence-corrected chi connectivity index (χ1v) is 2.40. The van der Waals surface area contributed by atoms with Gasteiger partial charge in [0.05, 0.1) is 0 Å². The van der Waals surface area contributed by atoms with Gasteiger partial charge >= 0.3 is 0 Å². The summed E-state index contributed by atoms with van der Waals surface area (Å²) in [5.74, 6) is 0. The number of nitrogens with zero attached hydrogens (tertiary/aromatic N) is 1. The van der Waals surface area contributed by atoms with Crippen molar-refractivity contribution in [3.8, 4) is 0 Å². The molecule has 1 aliphatic rings. The molecule has 2 nitrogen and oxygen atoms in total. The number of rotatable bonds is 0. The summed E-state index contributed by atoms with van der Waals surface area (Å²) in [7, 11) is 0. The highest BCUT2D eigenvalue weighted by molar-refractivity contribution is 5.63. The molecule has 2 heteroatoms. The second-order valence-corrected chi connectivity index (χ2v) is 2.69. The van der Waals surface area contributed by atoms with Crippen molar-refractivity contribution in [3.05, 3.63) is 5.21 Å². The van der Waals surface area contributed by atoms with E-state index in [4.69, 9.17) is 0 Å². The summed E-state index contributed by atoms with van der Waals surface area (Å²) in [5.41, 5.74) is 0.182. The summed E-state index contributed by atoms with van der Waals surface area (Å²) in [4.78, 5) is 0. The molecule has 0 aromatic rings. The lowest BCUT2D eigenvalue weighted by Crippen LogP contribution is -2.39. The van der Waals surface area contributed by atoms with E-state index in [1.165, 1.54) is 0 Å². The van der Waals surface area contributed by atoms with Crippen molar-refractivity contribution in [1.82, 2.24) is 0 Å². The Morgan fingerprint density at radius 1 is 1.71 bits per heavy atom. The summed E-state index contributed by atoms with van der Waals surface area (Å²) in [6, 6.07) is 0. The van der Waals surface area contributed by atoms with Crippen molar-refractivity contribution in [2.24, 2.45) is 5.41 Å². The maximum absolute atomic E-state index is 10.2. The molecule has 40 valence electrons. The fourth-order valence-corrected chi connectivity index (χ4v) is 0.765. The summed E-state index contributed by atoms with van der Waals surface area (Å²) in [6.07, 6.45) is 1.69. The second kappa shape index (κ2) is 0.997. The molecule has 0 saturated heterocycles. The van der Waals surface area contributed by atoms with Crippen LogP contribution in [0.25, 0.3) is 0 Å². The third-order valence-corrected chi connectivity index (χ3v) is 1.06. The van der Waals surface area contributed by atoms with Gasteiger partial charge in [0.2, 0.25) is 0 Å². The Balaban J connectivity index is 2.60. The summed E-state index contributed by atoms with van der Waals surface area (Å²) >= 11 is 0. The smallest absolute Gasteiger partial charge is 0.167 e. The molecule has 0 N–H and O–H groups in total. The van der Waals surface area contributed by atoms with Gasteiger partial charge in [-0.15, -0.1) is 0 Å². The van der Waals surface area contributed by atoms with Gasteiger partial charge in [-0.2, -0.15) is 0 Å². The van der Waals surface area contributed by atoms with Gasteiger partial charge in [0.15, 0.2) is 12.8 Å². The highest BCUT2D eigenvalue weighted by Gasteiger charge is 2.31. The topological polar surface area (TPSA) is 26.1 Å². The molecule has 0 aromatic heterocycles. The molecule has 1 heterocycles. The van der Waals surface area contributed by atoms with Gasteiger partial charge in [-0.1, -0.05) is 0 Å². The van der Waals surface area contributed by atoms with Gasteiger partial charge in [0.1, 0.15) is 5.41 Å². The predicted octanol–water partition coefficient (Wildman–Crippen LogP) is 0.607. The van der Waals surface area contributed by atoms with Gasteiger partial charge in [-0.05, 0) is 13.8 Å². The Labute approximate surface area is 43.0 Å². The van der Waals surface area contributed by atoms with Crippen molar-refractivity contribution in [2.75, 3.05) is 6.54 Å². The molecule has 0 aromatic carbocycles. The maximum Gasteiger partial charge on any atom is 0.167 e. The average molecular weight is 99.1 g/mol. The van der Waals surface area contributed by atoms with Gasteiger partial charge in [0.25, 0.3) is 0 Å². The zero-order valence-electron chi connectivity index (χ0n) is 4.64. The van der Waals surface area contributed by atoms with Gasteiger partial charge in [-0.3, -0.25) is 0 Å². The maximum atomic E-state index is 10.2. The van der Waals surface area contributed by atoms with Crippen LogP contribution in [0.15, 0.2) is 0 Å². The molecule has 0 aliphatic carbocycles. The van der Waals surface area contributed by atoms with Crippen molar-refractivity contribution < 1.29 is 4.74 Å². The molecule has 1 rings (SSSR count). The molecule has 0 atom stereocenters. The van der Waals surface area contributed by atoms with Crippen molar-refractivity contribution in [3.63, 3.8) is 0 Å². The molecule has 0 saturated carbocycles. The molecule has 0 spiro atoms.